The van der Waals surface area contributed by atoms with Gasteiger partial charge in [0.1, 0.15) is 5.75 Å². The minimum Gasteiger partial charge on any atom is -0.298 e. The van der Waals surface area contributed by atoms with E-state index in [2.05, 4.69) is 13.8 Å². The lowest BCUT2D eigenvalue weighted by molar-refractivity contribution is -0.122. The molecule has 4 heteroatoms. The summed E-state index contributed by atoms with van der Waals surface area (Å²) in [7, 11) is -3.16. The van der Waals surface area contributed by atoms with Crippen LogP contribution in [0.15, 0.2) is 0 Å². The first-order chi connectivity index (χ1) is 6.78. The van der Waals surface area contributed by atoms with Crippen LogP contribution < -0.4 is 0 Å². The summed E-state index contributed by atoms with van der Waals surface area (Å²) in [4.78, 5) is 11.7. The van der Waals surface area contributed by atoms with Crippen molar-refractivity contribution in [2.45, 2.75) is 33.1 Å². The van der Waals surface area contributed by atoms with E-state index < -0.39 is 9.84 Å². The fourth-order valence-corrected chi connectivity index (χ4v) is 3.34. The van der Waals surface area contributed by atoms with Gasteiger partial charge in [0, 0.05) is 12.2 Å². The van der Waals surface area contributed by atoms with Gasteiger partial charge in [-0.2, -0.15) is 0 Å². The second-order valence-electron chi connectivity index (χ2n) is 5.15. The molecule has 0 amide bonds. The largest absolute Gasteiger partial charge is 0.298 e. The topological polar surface area (TPSA) is 51.2 Å². The van der Waals surface area contributed by atoms with Crippen LogP contribution in [0, 0.1) is 17.8 Å². The van der Waals surface area contributed by atoms with Crippen molar-refractivity contribution < 1.29 is 13.2 Å². The first-order valence-electron chi connectivity index (χ1n) is 5.48. The van der Waals surface area contributed by atoms with E-state index in [1.807, 2.05) is 0 Å². The van der Waals surface area contributed by atoms with Crippen molar-refractivity contribution in [2.24, 2.45) is 17.8 Å². The van der Waals surface area contributed by atoms with E-state index in [9.17, 15) is 13.2 Å². The van der Waals surface area contributed by atoms with Crippen molar-refractivity contribution in [3.63, 3.8) is 0 Å². The minimum atomic E-state index is -3.16. The lowest BCUT2D eigenvalue weighted by Gasteiger charge is -2.30. The zero-order valence-corrected chi connectivity index (χ0v) is 10.5. The number of sulfone groups is 1. The van der Waals surface area contributed by atoms with Crippen molar-refractivity contribution in [3.8, 4) is 0 Å². The standard InChI is InChI=1S/C11H20O3S/c1-8-4-9(2)6-10(5-8)11(12)7-15(3,13)14/h8-10H,4-7H2,1-3H3. The smallest absolute Gasteiger partial charge is 0.154 e. The molecule has 0 aromatic rings. The normalized spacial score (nSPS) is 32.6. The third-order valence-corrected chi connectivity index (χ3v) is 3.85. The Hall–Kier alpha value is -0.380. The summed E-state index contributed by atoms with van der Waals surface area (Å²) in [6.45, 7) is 4.27. The van der Waals surface area contributed by atoms with Gasteiger partial charge in [-0.05, 0) is 31.1 Å². The highest BCUT2D eigenvalue weighted by Gasteiger charge is 2.30. The van der Waals surface area contributed by atoms with E-state index in [0.717, 1.165) is 25.5 Å². The van der Waals surface area contributed by atoms with E-state index in [1.54, 1.807) is 0 Å². The van der Waals surface area contributed by atoms with Gasteiger partial charge >= 0.3 is 0 Å². The lowest BCUT2D eigenvalue weighted by Crippen LogP contribution is -2.30. The quantitative estimate of drug-likeness (QED) is 0.743. The summed E-state index contributed by atoms with van der Waals surface area (Å²) < 4.78 is 22.1. The Morgan fingerprint density at radius 1 is 1.13 bits per heavy atom. The maximum atomic E-state index is 11.7. The third kappa shape index (κ3) is 4.33. The molecule has 1 aliphatic rings. The Bertz CT molecular complexity index is 322. The van der Waals surface area contributed by atoms with Gasteiger partial charge in [0.15, 0.2) is 15.6 Å². The van der Waals surface area contributed by atoms with Crippen molar-refractivity contribution in [3.05, 3.63) is 0 Å². The number of carbonyl (C=O) groups excluding carboxylic acids is 1. The number of hydrogen-bond acceptors (Lipinski definition) is 3. The van der Waals surface area contributed by atoms with Crippen molar-refractivity contribution >= 4 is 15.6 Å². The predicted octanol–water partition coefficient (Wildman–Crippen LogP) is 1.67. The summed E-state index contributed by atoms with van der Waals surface area (Å²) in [5, 5.41) is 0. The summed E-state index contributed by atoms with van der Waals surface area (Å²) >= 11 is 0. The predicted molar refractivity (Wildman–Crippen MR) is 60.4 cm³/mol. The van der Waals surface area contributed by atoms with Crippen LogP contribution in [0.5, 0.6) is 0 Å². The summed E-state index contributed by atoms with van der Waals surface area (Å²) in [5.74, 6) is 0.691. The Labute approximate surface area is 92.2 Å². The van der Waals surface area contributed by atoms with Crippen LogP contribution in [0.2, 0.25) is 0 Å². The van der Waals surface area contributed by atoms with E-state index in [4.69, 9.17) is 0 Å². The fraction of sp³-hybridized carbons (Fsp3) is 0.909. The number of Topliss-reactive ketones (excluding diaryl/α,β-unsaturated/α-hetero) is 1. The van der Waals surface area contributed by atoms with E-state index in [-0.39, 0.29) is 17.5 Å². The second kappa shape index (κ2) is 4.64. The molecule has 2 atom stereocenters. The van der Waals surface area contributed by atoms with Crippen LogP contribution in [0.1, 0.15) is 33.1 Å². The molecular weight excluding hydrogens is 212 g/mol. The van der Waals surface area contributed by atoms with Gasteiger partial charge in [-0.3, -0.25) is 4.79 Å². The first kappa shape index (κ1) is 12.7. The first-order valence-corrected chi connectivity index (χ1v) is 7.54. The van der Waals surface area contributed by atoms with E-state index in [0.29, 0.717) is 11.8 Å². The summed E-state index contributed by atoms with van der Waals surface area (Å²) in [5.41, 5.74) is 0. The molecule has 1 saturated carbocycles. The molecule has 0 N–H and O–H groups in total. The average molecular weight is 232 g/mol. The Balaban J connectivity index is 2.60. The summed E-state index contributed by atoms with van der Waals surface area (Å²) in [6, 6.07) is 0. The molecule has 0 aliphatic heterocycles. The van der Waals surface area contributed by atoms with Gasteiger partial charge in [-0.15, -0.1) is 0 Å². The highest BCUT2D eigenvalue weighted by Crippen LogP contribution is 2.33. The zero-order valence-electron chi connectivity index (χ0n) is 9.69. The van der Waals surface area contributed by atoms with Crippen LogP contribution in [-0.2, 0) is 14.6 Å². The SMILES string of the molecule is CC1CC(C)CC(C(=O)CS(C)(=O)=O)C1. The number of ketones is 1. The Morgan fingerprint density at radius 3 is 2.00 bits per heavy atom. The van der Waals surface area contributed by atoms with Crippen molar-refractivity contribution in [1.82, 2.24) is 0 Å². The van der Waals surface area contributed by atoms with Gasteiger partial charge in [-0.1, -0.05) is 13.8 Å². The number of hydrogen-bond donors (Lipinski definition) is 0. The maximum Gasteiger partial charge on any atom is 0.154 e. The molecule has 15 heavy (non-hydrogen) atoms. The monoisotopic (exact) mass is 232 g/mol. The number of carbonyl (C=O) groups is 1. The van der Waals surface area contributed by atoms with Gasteiger partial charge < -0.3 is 0 Å². The van der Waals surface area contributed by atoms with Gasteiger partial charge in [0.05, 0.1) is 0 Å². The maximum absolute atomic E-state index is 11.7. The molecule has 88 valence electrons. The molecular formula is C11H20O3S. The molecule has 3 nitrogen and oxygen atoms in total. The molecule has 0 aromatic carbocycles. The van der Waals surface area contributed by atoms with Gasteiger partial charge in [0.2, 0.25) is 0 Å². The second-order valence-corrected chi connectivity index (χ2v) is 7.29. The fourth-order valence-electron chi connectivity index (χ4n) is 2.59. The van der Waals surface area contributed by atoms with Crippen LogP contribution in [-0.4, -0.2) is 26.2 Å². The summed E-state index contributed by atoms with van der Waals surface area (Å²) in [6.07, 6.45) is 4.00. The number of rotatable bonds is 3. The van der Waals surface area contributed by atoms with Crippen LogP contribution in [0.3, 0.4) is 0 Å². The Morgan fingerprint density at radius 2 is 1.60 bits per heavy atom. The van der Waals surface area contributed by atoms with Crippen molar-refractivity contribution in [1.29, 1.82) is 0 Å². The molecule has 0 saturated heterocycles. The molecule has 1 aliphatic carbocycles. The zero-order chi connectivity index (χ0) is 11.6. The molecule has 1 rings (SSSR count). The average Bonchev–Trinajstić information content (AvgIpc) is 1.98. The third-order valence-electron chi connectivity index (χ3n) is 3.04. The highest BCUT2D eigenvalue weighted by molar-refractivity contribution is 7.91. The Kier molecular flexibility index (Phi) is 3.93. The molecule has 1 fully saturated rings. The highest BCUT2D eigenvalue weighted by atomic mass is 32.2. The molecule has 0 aromatic heterocycles. The molecule has 2 unspecified atom stereocenters. The molecule has 0 radical (unpaired) electrons. The van der Waals surface area contributed by atoms with Gasteiger partial charge in [-0.25, -0.2) is 8.42 Å². The van der Waals surface area contributed by atoms with E-state index >= 15 is 0 Å². The lowest BCUT2D eigenvalue weighted by atomic mass is 9.75. The van der Waals surface area contributed by atoms with Gasteiger partial charge in [0.25, 0.3) is 0 Å². The molecule has 0 spiro atoms. The van der Waals surface area contributed by atoms with Crippen molar-refractivity contribution in [2.75, 3.05) is 12.0 Å². The molecule has 0 bridgehead atoms. The van der Waals surface area contributed by atoms with Crippen LogP contribution in [0.25, 0.3) is 0 Å². The molecule has 0 heterocycles. The van der Waals surface area contributed by atoms with Crippen LogP contribution >= 0.6 is 0 Å². The minimum absolute atomic E-state index is 0.0292. The van der Waals surface area contributed by atoms with E-state index in [1.165, 1.54) is 0 Å². The van der Waals surface area contributed by atoms with Crippen LogP contribution in [0.4, 0.5) is 0 Å².